The molecule has 0 spiro atoms. The highest BCUT2D eigenvalue weighted by Gasteiger charge is 2.17. The van der Waals surface area contributed by atoms with Crippen LogP contribution >= 0.6 is 0 Å². The van der Waals surface area contributed by atoms with Crippen molar-refractivity contribution in [2.45, 2.75) is 0 Å². The first kappa shape index (κ1) is 16.0. The fraction of sp³-hybridized carbons (Fsp3) is 0. The third-order valence-electron chi connectivity index (χ3n) is 3.92. The van der Waals surface area contributed by atoms with Crippen LogP contribution in [0.1, 0.15) is 0 Å². The van der Waals surface area contributed by atoms with E-state index in [4.69, 9.17) is 5.73 Å². The van der Waals surface area contributed by atoms with Crippen LogP contribution in [0.25, 0.3) is 33.5 Å². The Hall–Kier alpha value is -3.48. The van der Waals surface area contributed by atoms with Crippen LogP contribution in [0.15, 0.2) is 54.6 Å². The lowest BCUT2D eigenvalue weighted by atomic mass is 10.1. The van der Waals surface area contributed by atoms with E-state index >= 15 is 0 Å². The summed E-state index contributed by atoms with van der Waals surface area (Å²) in [6.07, 6.45) is 0. The Kier molecular flexibility index (Phi) is 3.76. The fourth-order valence-corrected chi connectivity index (χ4v) is 2.70. The predicted octanol–water partition coefficient (Wildman–Crippen LogP) is 4.36. The number of anilines is 1. The van der Waals surface area contributed by atoms with Gasteiger partial charge >= 0.3 is 0 Å². The molecule has 7 heteroatoms. The van der Waals surface area contributed by atoms with E-state index in [1.54, 1.807) is 6.07 Å². The molecule has 0 saturated carbocycles. The molecular weight excluding hydrogens is 341 g/mol. The number of aromatic nitrogens is 3. The van der Waals surface area contributed by atoms with Gasteiger partial charge in [-0.15, -0.1) is 0 Å². The molecule has 0 atom stereocenters. The average molecular weight is 352 g/mol. The van der Waals surface area contributed by atoms with Crippen LogP contribution in [0.2, 0.25) is 0 Å². The van der Waals surface area contributed by atoms with Gasteiger partial charge in [0, 0.05) is 11.1 Å². The second-order valence-electron chi connectivity index (χ2n) is 5.58. The maximum Gasteiger partial charge on any atom is 0.221 e. The summed E-state index contributed by atoms with van der Waals surface area (Å²) in [5.41, 5.74) is 7.82. The Morgan fingerprint density at radius 2 is 1.50 bits per heavy atom. The van der Waals surface area contributed by atoms with E-state index in [-0.39, 0.29) is 17.2 Å². The van der Waals surface area contributed by atoms with E-state index in [1.807, 2.05) is 30.3 Å². The van der Waals surface area contributed by atoms with Crippen molar-refractivity contribution < 1.29 is 13.2 Å². The highest BCUT2D eigenvalue weighted by Crippen LogP contribution is 2.30. The second-order valence-corrected chi connectivity index (χ2v) is 5.58. The molecule has 0 aliphatic heterocycles. The van der Waals surface area contributed by atoms with Crippen molar-refractivity contribution in [2.75, 3.05) is 5.73 Å². The Morgan fingerprint density at radius 3 is 2.27 bits per heavy atom. The van der Waals surface area contributed by atoms with Crippen LogP contribution in [0.4, 0.5) is 19.1 Å². The predicted molar refractivity (Wildman–Crippen MR) is 92.5 cm³/mol. The quantitative estimate of drug-likeness (QED) is 0.545. The number of halogens is 3. The highest BCUT2D eigenvalue weighted by molar-refractivity contribution is 5.91. The molecule has 128 valence electrons. The number of hydrogen-bond donors (Lipinski definition) is 1. The van der Waals surface area contributed by atoms with Crippen LogP contribution in [0.5, 0.6) is 0 Å². The van der Waals surface area contributed by atoms with Crippen molar-refractivity contribution in [2.24, 2.45) is 0 Å². The number of rotatable bonds is 2. The SMILES string of the molecule is Nc1nc(-c2ccccc2)c2nc(-c3ccc(F)c(F)c3F)ccc2n1. The number of nitrogens with zero attached hydrogens (tertiary/aromatic N) is 3. The largest absolute Gasteiger partial charge is 0.368 e. The van der Waals surface area contributed by atoms with E-state index in [1.165, 1.54) is 6.07 Å². The fourth-order valence-electron chi connectivity index (χ4n) is 2.70. The minimum Gasteiger partial charge on any atom is -0.368 e. The summed E-state index contributed by atoms with van der Waals surface area (Å²) in [4.78, 5) is 12.7. The number of fused-ring (bicyclic) bond motifs is 1. The number of nitrogen functional groups attached to an aromatic ring is 1. The van der Waals surface area contributed by atoms with Gasteiger partial charge in [-0.1, -0.05) is 30.3 Å². The smallest absolute Gasteiger partial charge is 0.221 e. The minimum absolute atomic E-state index is 0.0740. The summed E-state index contributed by atoms with van der Waals surface area (Å²) in [6.45, 7) is 0. The molecule has 0 amide bonds. The standard InChI is InChI=1S/C19H11F3N4/c20-12-7-6-11(15(21)16(12)22)13-8-9-14-18(24-13)17(26-19(23)25-14)10-4-2-1-3-5-10/h1-9H,(H2,23,25,26). The Balaban J connectivity index is 1.98. The molecule has 0 aliphatic carbocycles. The van der Waals surface area contributed by atoms with Gasteiger partial charge in [0.05, 0.1) is 11.2 Å². The average Bonchev–Trinajstić information content (AvgIpc) is 2.66. The second kappa shape index (κ2) is 6.11. The summed E-state index contributed by atoms with van der Waals surface area (Å²) >= 11 is 0. The van der Waals surface area contributed by atoms with Crippen LogP contribution in [0.3, 0.4) is 0 Å². The van der Waals surface area contributed by atoms with E-state index in [0.29, 0.717) is 16.7 Å². The molecule has 0 bridgehead atoms. The maximum atomic E-state index is 14.1. The zero-order valence-electron chi connectivity index (χ0n) is 13.2. The van der Waals surface area contributed by atoms with E-state index in [2.05, 4.69) is 15.0 Å². The van der Waals surface area contributed by atoms with Crippen LogP contribution in [-0.4, -0.2) is 15.0 Å². The third kappa shape index (κ3) is 2.63. The van der Waals surface area contributed by atoms with E-state index in [9.17, 15) is 13.2 Å². The van der Waals surface area contributed by atoms with Crippen molar-refractivity contribution in [3.8, 4) is 22.5 Å². The Labute approximate surface area is 146 Å². The first-order valence-corrected chi connectivity index (χ1v) is 7.68. The molecule has 4 aromatic rings. The molecule has 2 aromatic heterocycles. The molecule has 2 heterocycles. The molecule has 0 unspecified atom stereocenters. The zero-order chi connectivity index (χ0) is 18.3. The molecule has 0 fully saturated rings. The number of benzene rings is 2. The first-order valence-electron chi connectivity index (χ1n) is 7.68. The number of pyridine rings is 1. The maximum absolute atomic E-state index is 14.1. The molecule has 0 saturated heterocycles. The van der Waals surface area contributed by atoms with Crippen LogP contribution in [-0.2, 0) is 0 Å². The van der Waals surface area contributed by atoms with Gasteiger partial charge in [0.2, 0.25) is 5.95 Å². The van der Waals surface area contributed by atoms with Gasteiger partial charge in [-0.25, -0.2) is 28.1 Å². The summed E-state index contributed by atoms with van der Waals surface area (Å²) in [6, 6.07) is 14.2. The van der Waals surface area contributed by atoms with Gasteiger partial charge in [-0.2, -0.15) is 0 Å². The van der Waals surface area contributed by atoms with Crippen molar-refractivity contribution in [1.29, 1.82) is 0 Å². The molecule has 4 nitrogen and oxygen atoms in total. The minimum atomic E-state index is -1.54. The van der Waals surface area contributed by atoms with E-state index < -0.39 is 17.5 Å². The molecule has 26 heavy (non-hydrogen) atoms. The lowest BCUT2D eigenvalue weighted by Crippen LogP contribution is -2.01. The third-order valence-corrected chi connectivity index (χ3v) is 3.92. The van der Waals surface area contributed by atoms with Gasteiger partial charge in [0.15, 0.2) is 17.5 Å². The van der Waals surface area contributed by atoms with Crippen LogP contribution < -0.4 is 5.73 Å². The van der Waals surface area contributed by atoms with Gasteiger partial charge in [0.25, 0.3) is 0 Å². The monoisotopic (exact) mass is 352 g/mol. The molecule has 2 N–H and O–H groups in total. The lowest BCUT2D eigenvalue weighted by molar-refractivity contribution is 0.449. The normalized spacial score (nSPS) is 11.0. The first-order chi connectivity index (χ1) is 12.5. The Morgan fingerprint density at radius 1 is 0.731 bits per heavy atom. The summed E-state index contributed by atoms with van der Waals surface area (Å²) in [5, 5.41) is 0. The molecule has 4 rings (SSSR count). The molecule has 0 radical (unpaired) electrons. The Bertz CT molecular complexity index is 1130. The molecule has 2 aromatic carbocycles. The van der Waals surface area contributed by atoms with Crippen molar-refractivity contribution in [3.63, 3.8) is 0 Å². The molecular formula is C19H11F3N4. The topological polar surface area (TPSA) is 64.7 Å². The van der Waals surface area contributed by atoms with Crippen molar-refractivity contribution >= 4 is 17.0 Å². The van der Waals surface area contributed by atoms with E-state index in [0.717, 1.165) is 17.7 Å². The summed E-state index contributed by atoms with van der Waals surface area (Å²) in [7, 11) is 0. The zero-order valence-corrected chi connectivity index (χ0v) is 13.2. The summed E-state index contributed by atoms with van der Waals surface area (Å²) < 4.78 is 40.9. The summed E-state index contributed by atoms with van der Waals surface area (Å²) in [5.74, 6) is -4.02. The van der Waals surface area contributed by atoms with Gasteiger partial charge in [-0.05, 0) is 24.3 Å². The van der Waals surface area contributed by atoms with Crippen LogP contribution in [0, 0.1) is 17.5 Å². The van der Waals surface area contributed by atoms with Crippen molar-refractivity contribution in [1.82, 2.24) is 15.0 Å². The van der Waals surface area contributed by atoms with Gasteiger partial charge in [0.1, 0.15) is 11.2 Å². The van der Waals surface area contributed by atoms with Crippen molar-refractivity contribution in [3.05, 3.63) is 72.0 Å². The molecule has 0 aliphatic rings. The van der Waals surface area contributed by atoms with Gasteiger partial charge in [-0.3, -0.25) is 0 Å². The number of nitrogens with two attached hydrogens (primary N) is 1. The number of hydrogen-bond acceptors (Lipinski definition) is 4. The lowest BCUT2D eigenvalue weighted by Gasteiger charge is -2.09. The highest BCUT2D eigenvalue weighted by atomic mass is 19.2. The van der Waals surface area contributed by atoms with Gasteiger partial charge < -0.3 is 5.73 Å².